The van der Waals surface area contributed by atoms with Crippen LogP contribution in [-0.4, -0.2) is 14.8 Å². The van der Waals surface area contributed by atoms with Gasteiger partial charge >= 0.3 is 0 Å². The van der Waals surface area contributed by atoms with E-state index in [0.717, 1.165) is 15.9 Å². The van der Waals surface area contributed by atoms with E-state index in [4.69, 9.17) is 0 Å². The van der Waals surface area contributed by atoms with E-state index in [-0.39, 0.29) is 0 Å². The van der Waals surface area contributed by atoms with Crippen LogP contribution in [-0.2, 0) is 0 Å². The molecule has 1 fully saturated rings. The molecule has 2 aromatic rings. The highest BCUT2D eigenvalue weighted by atomic mass is 79.9. The van der Waals surface area contributed by atoms with Crippen molar-refractivity contribution in [3.63, 3.8) is 0 Å². The molecule has 4 heteroatoms. The van der Waals surface area contributed by atoms with Crippen molar-refractivity contribution in [3.8, 4) is 11.4 Å². The molecule has 15 heavy (non-hydrogen) atoms. The predicted molar refractivity (Wildman–Crippen MR) is 61.4 cm³/mol. The summed E-state index contributed by atoms with van der Waals surface area (Å²) in [6.45, 7) is 0. The Balaban J connectivity index is 2.12. The Kier molecular flexibility index (Phi) is 2.09. The molecular formula is C11H10BrN3. The van der Waals surface area contributed by atoms with Crippen LogP contribution in [0.25, 0.3) is 11.4 Å². The van der Waals surface area contributed by atoms with Crippen molar-refractivity contribution >= 4 is 15.9 Å². The molecular weight excluding hydrogens is 254 g/mol. The van der Waals surface area contributed by atoms with E-state index in [0.29, 0.717) is 6.04 Å². The normalized spacial score (nSPS) is 15.5. The largest absolute Gasteiger partial charge is 0.310 e. The van der Waals surface area contributed by atoms with Gasteiger partial charge in [0.15, 0.2) is 5.82 Å². The van der Waals surface area contributed by atoms with E-state index in [9.17, 15) is 0 Å². The zero-order valence-electron chi connectivity index (χ0n) is 8.10. The summed E-state index contributed by atoms with van der Waals surface area (Å²) in [4.78, 5) is 0. The van der Waals surface area contributed by atoms with E-state index < -0.39 is 0 Å². The van der Waals surface area contributed by atoms with E-state index in [1.807, 2.05) is 24.5 Å². The lowest BCUT2D eigenvalue weighted by Crippen LogP contribution is -1.96. The van der Waals surface area contributed by atoms with Crippen LogP contribution in [0.1, 0.15) is 18.9 Å². The third-order valence-corrected chi connectivity index (χ3v) is 3.32. The average molecular weight is 264 g/mol. The molecule has 0 aliphatic heterocycles. The zero-order valence-corrected chi connectivity index (χ0v) is 9.68. The fourth-order valence-electron chi connectivity index (χ4n) is 1.70. The molecule has 1 heterocycles. The Morgan fingerprint density at radius 2 is 2.07 bits per heavy atom. The monoisotopic (exact) mass is 263 g/mol. The van der Waals surface area contributed by atoms with Gasteiger partial charge in [0.05, 0.1) is 0 Å². The minimum atomic E-state index is 0.613. The summed E-state index contributed by atoms with van der Waals surface area (Å²) in [6.07, 6.45) is 4.32. The van der Waals surface area contributed by atoms with E-state index in [1.54, 1.807) is 0 Å². The van der Waals surface area contributed by atoms with Gasteiger partial charge in [0.1, 0.15) is 6.33 Å². The second-order valence-corrected chi connectivity index (χ2v) is 4.63. The van der Waals surface area contributed by atoms with Crippen LogP contribution in [0.15, 0.2) is 35.1 Å². The van der Waals surface area contributed by atoms with Crippen LogP contribution in [0.5, 0.6) is 0 Å². The lowest BCUT2D eigenvalue weighted by atomic mass is 10.2. The maximum absolute atomic E-state index is 4.19. The van der Waals surface area contributed by atoms with E-state index >= 15 is 0 Å². The second kappa shape index (κ2) is 3.45. The van der Waals surface area contributed by atoms with Gasteiger partial charge in [-0.15, -0.1) is 10.2 Å². The molecule has 0 atom stereocenters. The van der Waals surface area contributed by atoms with Crippen molar-refractivity contribution < 1.29 is 0 Å². The van der Waals surface area contributed by atoms with Gasteiger partial charge in [-0.1, -0.05) is 34.1 Å². The highest BCUT2D eigenvalue weighted by Crippen LogP contribution is 2.38. The molecule has 0 saturated heterocycles. The number of nitrogens with zero attached hydrogens (tertiary/aromatic N) is 3. The second-order valence-electron chi connectivity index (χ2n) is 3.77. The fraction of sp³-hybridized carbons (Fsp3) is 0.273. The molecule has 3 rings (SSSR count). The predicted octanol–water partition coefficient (Wildman–Crippen LogP) is 3.04. The molecule has 0 bridgehead atoms. The number of aromatic nitrogens is 3. The number of halogens is 1. The first-order valence-corrected chi connectivity index (χ1v) is 5.80. The minimum Gasteiger partial charge on any atom is -0.310 e. The molecule has 0 N–H and O–H groups in total. The Labute approximate surface area is 96.3 Å². The SMILES string of the molecule is Brc1ccccc1-c1nncn1C1CC1. The summed E-state index contributed by atoms with van der Waals surface area (Å²) in [5.41, 5.74) is 1.11. The quantitative estimate of drug-likeness (QED) is 0.834. The third-order valence-electron chi connectivity index (χ3n) is 2.63. The summed E-state index contributed by atoms with van der Waals surface area (Å²) >= 11 is 3.54. The maximum Gasteiger partial charge on any atom is 0.165 e. The number of rotatable bonds is 2. The molecule has 0 spiro atoms. The lowest BCUT2D eigenvalue weighted by molar-refractivity contribution is 0.746. The summed E-state index contributed by atoms with van der Waals surface area (Å²) in [5.74, 6) is 0.963. The zero-order chi connectivity index (χ0) is 10.3. The van der Waals surface area contributed by atoms with Crippen molar-refractivity contribution in [1.29, 1.82) is 0 Å². The third kappa shape index (κ3) is 1.59. The summed E-state index contributed by atoms with van der Waals surface area (Å²) < 4.78 is 3.24. The molecule has 1 aliphatic rings. The van der Waals surface area contributed by atoms with Gasteiger partial charge < -0.3 is 4.57 Å². The standard InChI is InChI=1S/C11H10BrN3/c12-10-4-2-1-3-9(10)11-14-13-7-15(11)8-5-6-8/h1-4,7-8H,5-6H2. The van der Waals surface area contributed by atoms with E-state index in [2.05, 4.69) is 36.8 Å². The molecule has 1 aromatic heterocycles. The summed E-state index contributed by atoms with van der Waals surface area (Å²) in [5, 5.41) is 8.18. The molecule has 0 amide bonds. The molecule has 1 saturated carbocycles. The van der Waals surface area contributed by atoms with Crippen LogP contribution < -0.4 is 0 Å². The highest BCUT2D eigenvalue weighted by Gasteiger charge is 2.26. The fourth-order valence-corrected chi connectivity index (χ4v) is 2.16. The van der Waals surface area contributed by atoms with E-state index in [1.165, 1.54) is 12.8 Å². The van der Waals surface area contributed by atoms with Crippen LogP contribution in [0.2, 0.25) is 0 Å². The van der Waals surface area contributed by atoms with Gasteiger partial charge in [-0.3, -0.25) is 0 Å². The number of benzene rings is 1. The first-order chi connectivity index (χ1) is 7.36. The smallest absolute Gasteiger partial charge is 0.165 e. The van der Waals surface area contributed by atoms with Crippen LogP contribution in [0.4, 0.5) is 0 Å². The van der Waals surface area contributed by atoms with Crippen molar-refractivity contribution in [1.82, 2.24) is 14.8 Å². The average Bonchev–Trinajstić information content (AvgIpc) is 2.98. The Bertz CT molecular complexity index is 488. The molecule has 76 valence electrons. The van der Waals surface area contributed by atoms with Crippen molar-refractivity contribution in [2.24, 2.45) is 0 Å². The van der Waals surface area contributed by atoms with Crippen molar-refractivity contribution in [3.05, 3.63) is 35.1 Å². The lowest BCUT2D eigenvalue weighted by Gasteiger charge is -2.05. The topological polar surface area (TPSA) is 30.7 Å². The van der Waals surface area contributed by atoms with Gasteiger partial charge in [0.2, 0.25) is 0 Å². The Hall–Kier alpha value is -1.16. The van der Waals surface area contributed by atoms with Crippen molar-refractivity contribution in [2.75, 3.05) is 0 Å². The molecule has 0 unspecified atom stereocenters. The maximum atomic E-state index is 4.19. The summed E-state index contributed by atoms with van der Waals surface area (Å²) in [7, 11) is 0. The van der Waals surface area contributed by atoms with Crippen LogP contribution in [0, 0.1) is 0 Å². The van der Waals surface area contributed by atoms with Gasteiger partial charge in [-0.25, -0.2) is 0 Å². The van der Waals surface area contributed by atoms with Gasteiger partial charge in [0, 0.05) is 16.1 Å². The first kappa shape index (κ1) is 9.09. The Morgan fingerprint density at radius 1 is 1.27 bits per heavy atom. The number of hydrogen-bond acceptors (Lipinski definition) is 2. The first-order valence-electron chi connectivity index (χ1n) is 5.00. The van der Waals surface area contributed by atoms with Gasteiger partial charge in [-0.2, -0.15) is 0 Å². The molecule has 0 radical (unpaired) electrons. The Morgan fingerprint density at radius 3 is 2.80 bits per heavy atom. The van der Waals surface area contributed by atoms with Crippen molar-refractivity contribution in [2.45, 2.75) is 18.9 Å². The molecule has 1 aromatic carbocycles. The van der Waals surface area contributed by atoms with Gasteiger partial charge in [-0.05, 0) is 18.9 Å². The minimum absolute atomic E-state index is 0.613. The highest BCUT2D eigenvalue weighted by molar-refractivity contribution is 9.10. The number of hydrogen-bond donors (Lipinski definition) is 0. The molecule has 1 aliphatic carbocycles. The van der Waals surface area contributed by atoms with Crippen LogP contribution in [0.3, 0.4) is 0 Å². The molecule has 3 nitrogen and oxygen atoms in total. The summed E-state index contributed by atoms with van der Waals surface area (Å²) in [6, 6.07) is 8.73. The van der Waals surface area contributed by atoms with Gasteiger partial charge in [0.25, 0.3) is 0 Å². The van der Waals surface area contributed by atoms with Crippen LogP contribution >= 0.6 is 15.9 Å².